The highest BCUT2D eigenvalue weighted by atomic mass is 32.2. The van der Waals surface area contributed by atoms with Crippen LogP contribution in [-0.2, 0) is 0 Å². The summed E-state index contributed by atoms with van der Waals surface area (Å²) in [5, 5.41) is 1.21. The topological polar surface area (TPSA) is 15.6 Å². The highest BCUT2D eigenvalue weighted by Gasteiger charge is 2.28. The number of hydrogen-bond donors (Lipinski definition) is 0. The van der Waals surface area contributed by atoms with E-state index in [9.17, 15) is 0 Å². The van der Waals surface area contributed by atoms with E-state index in [1.54, 1.807) is 0 Å². The van der Waals surface area contributed by atoms with Crippen LogP contribution in [0.2, 0.25) is 0 Å². The highest BCUT2D eigenvalue weighted by Crippen LogP contribution is 2.31. The van der Waals surface area contributed by atoms with E-state index in [2.05, 4.69) is 69.9 Å². The van der Waals surface area contributed by atoms with Crippen molar-refractivity contribution in [3.8, 4) is 0 Å². The Balaban J connectivity index is 2.19. The maximum absolute atomic E-state index is 4.90. The third-order valence-electron chi connectivity index (χ3n) is 3.40. The lowest BCUT2D eigenvalue weighted by atomic mass is 10.00. The van der Waals surface area contributed by atoms with Gasteiger partial charge in [-0.15, -0.1) is 0 Å². The van der Waals surface area contributed by atoms with Crippen molar-refractivity contribution in [3.05, 3.63) is 35.9 Å². The van der Waals surface area contributed by atoms with Crippen LogP contribution in [0, 0.1) is 0 Å². The molecule has 0 aliphatic carbocycles. The van der Waals surface area contributed by atoms with E-state index in [-0.39, 0.29) is 5.54 Å². The number of rotatable bonds is 2. The average Bonchev–Trinajstić information content (AvgIpc) is 2.38. The van der Waals surface area contributed by atoms with Crippen molar-refractivity contribution >= 4 is 16.9 Å². The Labute approximate surface area is 127 Å². The summed E-state index contributed by atoms with van der Waals surface area (Å²) in [6, 6.07) is 11.4. The van der Waals surface area contributed by atoms with Gasteiger partial charge in [-0.25, -0.2) is 0 Å². The van der Waals surface area contributed by atoms with E-state index < -0.39 is 0 Å². The minimum Gasteiger partial charge on any atom is -0.348 e. The van der Waals surface area contributed by atoms with Crippen LogP contribution < -0.4 is 0 Å². The molecule has 2 rings (SSSR count). The van der Waals surface area contributed by atoms with Crippen LogP contribution in [0.3, 0.4) is 0 Å². The number of amidine groups is 1. The van der Waals surface area contributed by atoms with Crippen molar-refractivity contribution in [2.24, 2.45) is 4.99 Å². The summed E-state index contributed by atoms with van der Waals surface area (Å²) >= 11 is 1.91. The van der Waals surface area contributed by atoms with Crippen LogP contribution in [0.25, 0.3) is 0 Å². The normalized spacial score (nSPS) is 22.6. The predicted molar refractivity (Wildman–Crippen MR) is 90.7 cm³/mol. The summed E-state index contributed by atoms with van der Waals surface area (Å²) in [5.74, 6) is 1.73. The molecule has 110 valence electrons. The van der Waals surface area contributed by atoms with E-state index in [0.29, 0.717) is 12.0 Å². The van der Waals surface area contributed by atoms with Gasteiger partial charge in [0.05, 0.1) is 5.54 Å². The lowest BCUT2D eigenvalue weighted by molar-refractivity contribution is 0.331. The summed E-state index contributed by atoms with van der Waals surface area (Å²) in [4.78, 5) is 7.36. The van der Waals surface area contributed by atoms with Crippen molar-refractivity contribution < 1.29 is 0 Å². The predicted octanol–water partition coefficient (Wildman–Crippen LogP) is 4.38. The van der Waals surface area contributed by atoms with Gasteiger partial charge in [-0.2, -0.15) is 0 Å². The zero-order valence-electron chi connectivity index (χ0n) is 13.3. The molecule has 1 saturated heterocycles. The van der Waals surface area contributed by atoms with E-state index in [1.165, 1.54) is 10.7 Å². The fourth-order valence-electron chi connectivity index (χ4n) is 2.37. The van der Waals surface area contributed by atoms with Gasteiger partial charge in [0.1, 0.15) is 0 Å². The van der Waals surface area contributed by atoms with Crippen molar-refractivity contribution in [1.82, 2.24) is 4.90 Å². The Morgan fingerprint density at radius 3 is 2.40 bits per heavy atom. The van der Waals surface area contributed by atoms with Gasteiger partial charge in [-0.3, -0.25) is 4.99 Å². The van der Waals surface area contributed by atoms with E-state index in [0.717, 1.165) is 12.3 Å². The van der Waals surface area contributed by atoms with E-state index >= 15 is 0 Å². The number of hydrogen-bond acceptors (Lipinski definition) is 2. The number of aliphatic imine (C=N–C) groups is 1. The Morgan fingerprint density at radius 2 is 1.85 bits per heavy atom. The Hall–Kier alpha value is -0.960. The van der Waals surface area contributed by atoms with Crippen molar-refractivity contribution in [3.63, 3.8) is 0 Å². The summed E-state index contributed by atoms with van der Waals surface area (Å²) in [6.45, 7) is 12.1. The number of thioether (sulfide) groups is 1. The molecule has 1 unspecified atom stereocenters. The standard InChI is InChI=1S/C17H26N2S/c1-13(2)19-11-15(14-9-7-6-8-10-14)12-20-16(19)18-17(3,4)5/h6-10,13,15H,11-12H2,1-5H3. The molecule has 2 nitrogen and oxygen atoms in total. The van der Waals surface area contributed by atoms with Crippen molar-refractivity contribution in [1.29, 1.82) is 0 Å². The van der Waals surface area contributed by atoms with Gasteiger partial charge < -0.3 is 4.90 Å². The molecular weight excluding hydrogens is 264 g/mol. The molecule has 1 fully saturated rings. The van der Waals surface area contributed by atoms with Crippen LogP contribution in [0.5, 0.6) is 0 Å². The van der Waals surface area contributed by atoms with Crippen LogP contribution in [-0.4, -0.2) is 33.9 Å². The SMILES string of the molecule is CC(C)N1CC(c2ccccc2)CSC1=NC(C)(C)C. The van der Waals surface area contributed by atoms with Gasteiger partial charge in [0, 0.05) is 24.3 Å². The molecule has 0 N–H and O–H groups in total. The van der Waals surface area contributed by atoms with Gasteiger partial charge in [0.25, 0.3) is 0 Å². The maximum Gasteiger partial charge on any atom is 0.159 e. The van der Waals surface area contributed by atoms with Gasteiger partial charge >= 0.3 is 0 Å². The Kier molecular flexibility index (Phi) is 4.79. The molecule has 1 aliphatic rings. The average molecular weight is 290 g/mol. The van der Waals surface area contributed by atoms with Gasteiger partial charge in [-0.05, 0) is 40.2 Å². The second kappa shape index (κ2) is 6.21. The van der Waals surface area contributed by atoms with Crippen LogP contribution in [0.4, 0.5) is 0 Å². The zero-order valence-corrected chi connectivity index (χ0v) is 14.1. The molecule has 3 heteroatoms. The molecular formula is C17H26N2S. The monoisotopic (exact) mass is 290 g/mol. The summed E-state index contributed by atoms with van der Waals surface area (Å²) < 4.78 is 0. The molecule has 0 amide bonds. The zero-order chi connectivity index (χ0) is 14.8. The first kappa shape index (κ1) is 15.4. The van der Waals surface area contributed by atoms with E-state index in [4.69, 9.17) is 4.99 Å². The van der Waals surface area contributed by atoms with Gasteiger partial charge in [0.15, 0.2) is 5.17 Å². The van der Waals surface area contributed by atoms with Crippen LogP contribution in [0.1, 0.15) is 46.1 Å². The molecule has 20 heavy (non-hydrogen) atoms. The summed E-state index contributed by atoms with van der Waals surface area (Å²) in [5.41, 5.74) is 1.44. The van der Waals surface area contributed by atoms with Crippen molar-refractivity contribution in [2.75, 3.05) is 12.3 Å². The fourth-order valence-corrected chi connectivity index (χ4v) is 3.81. The quantitative estimate of drug-likeness (QED) is 0.803. The molecule has 0 saturated carbocycles. The highest BCUT2D eigenvalue weighted by molar-refractivity contribution is 8.13. The first-order valence-corrected chi connectivity index (χ1v) is 8.39. The molecule has 0 spiro atoms. The second-order valence-electron chi connectivity index (χ2n) is 6.73. The van der Waals surface area contributed by atoms with E-state index in [1.807, 2.05) is 11.8 Å². The fraction of sp³-hybridized carbons (Fsp3) is 0.588. The summed E-state index contributed by atoms with van der Waals surface area (Å²) in [6.07, 6.45) is 0. The molecule has 0 radical (unpaired) electrons. The third kappa shape index (κ3) is 4.02. The second-order valence-corrected chi connectivity index (χ2v) is 7.72. The number of nitrogens with zero attached hydrogens (tertiary/aromatic N) is 2. The van der Waals surface area contributed by atoms with Crippen molar-refractivity contribution in [2.45, 2.75) is 52.1 Å². The molecule has 1 atom stereocenters. The smallest absolute Gasteiger partial charge is 0.159 e. The lowest BCUT2D eigenvalue weighted by Crippen LogP contribution is -2.43. The molecule has 1 aromatic carbocycles. The molecule has 1 heterocycles. The molecule has 1 aromatic rings. The minimum absolute atomic E-state index is 0.00490. The van der Waals surface area contributed by atoms with Crippen LogP contribution >= 0.6 is 11.8 Å². The lowest BCUT2D eigenvalue weighted by Gasteiger charge is -2.38. The third-order valence-corrected chi connectivity index (χ3v) is 4.55. The van der Waals surface area contributed by atoms with Gasteiger partial charge in [-0.1, -0.05) is 42.1 Å². The molecule has 1 aliphatic heterocycles. The number of benzene rings is 1. The summed E-state index contributed by atoms with van der Waals surface area (Å²) in [7, 11) is 0. The molecule has 0 bridgehead atoms. The van der Waals surface area contributed by atoms with Gasteiger partial charge in [0.2, 0.25) is 0 Å². The Bertz CT molecular complexity index is 460. The molecule has 0 aromatic heterocycles. The first-order valence-electron chi connectivity index (χ1n) is 7.41. The first-order chi connectivity index (χ1) is 9.37. The Morgan fingerprint density at radius 1 is 1.20 bits per heavy atom. The van der Waals surface area contributed by atoms with Crippen LogP contribution in [0.15, 0.2) is 35.3 Å². The minimum atomic E-state index is -0.00490. The largest absolute Gasteiger partial charge is 0.348 e. The maximum atomic E-state index is 4.90.